The minimum absolute atomic E-state index is 0.143. The maximum absolute atomic E-state index is 12.8. The molecule has 0 bridgehead atoms. The lowest BCUT2D eigenvalue weighted by Crippen LogP contribution is -2.31. The van der Waals surface area contributed by atoms with Gasteiger partial charge < -0.3 is 9.47 Å². The van der Waals surface area contributed by atoms with Gasteiger partial charge in [-0.2, -0.15) is 0 Å². The summed E-state index contributed by atoms with van der Waals surface area (Å²) in [6.45, 7) is 1.39. The summed E-state index contributed by atoms with van der Waals surface area (Å²) in [5.41, 5.74) is 2.90. The topological polar surface area (TPSA) is 67.2 Å². The summed E-state index contributed by atoms with van der Waals surface area (Å²) in [5.74, 6) is 0.545. The van der Waals surface area contributed by atoms with Crippen molar-refractivity contribution in [2.45, 2.75) is 11.4 Å². The fraction of sp³-hybridized carbons (Fsp3) is 0.208. The third-order valence-electron chi connectivity index (χ3n) is 5.30. The molecule has 10 heteroatoms. The molecule has 4 rings (SSSR count). The first-order chi connectivity index (χ1) is 16.2. The highest BCUT2D eigenvalue weighted by atomic mass is 35.5. The number of sulfonamides is 1. The van der Waals surface area contributed by atoms with Gasteiger partial charge in [0, 0.05) is 30.2 Å². The van der Waals surface area contributed by atoms with Crippen LogP contribution in [0.4, 0.5) is 0 Å². The normalized spacial score (nSPS) is 12.1. The van der Waals surface area contributed by atoms with E-state index in [-0.39, 0.29) is 4.90 Å². The van der Waals surface area contributed by atoms with Gasteiger partial charge >= 0.3 is 0 Å². The number of hydrogen-bond acceptors (Lipinski definition) is 4. The molecule has 0 spiro atoms. The predicted molar refractivity (Wildman–Crippen MR) is 139 cm³/mol. The van der Waals surface area contributed by atoms with Crippen LogP contribution in [0.1, 0.15) is 5.56 Å². The van der Waals surface area contributed by atoms with Gasteiger partial charge in [0.05, 0.1) is 26.0 Å². The Balaban J connectivity index is 1.84. The average Bonchev–Trinajstić information content (AvgIpc) is 3.14. The fourth-order valence-electron chi connectivity index (χ4n) is 3.61. The Hall–Kier alpha value is -2.13. The van der Waals surface area contributed by atoms with Crippen LogP contribution in [-0.2, 0) is 16.6 Å². The summed E-state index contributed by atoms with van der Waals surface area (Å²) in [4.78, 5) is 6.81. The van der Waals surface area contributed by atoms with Crippen LogP contribution in [0.2, 0.25) is 15.1 Å². The number of likely N-dealkylation sites (N-methyl/N-ethyl adjacent to an activating group) is 1. The van der Waals surface area contributed by atoms with E-state index in [0.29, 0.717) is 51.6 Å². The Morgan fingerprint density at radius 2 is 1.74 bits per heavy atom. The minimum atomic E-state index is -3.69. The molecule has 1 aromatic heterocycles. The molecule has 34 heavy (non-hydrogen) atoms. The highest BCUT2D eigenvalue weighted by Crippen LogP contribution is 2.38. The molecule has 0 saturated carbocycles. The smallest absolute Gasteiger partial charge is 0.240 e. The number of imidazole rings is 1. The van der Waals surface area contributed by atoms with Crippen LogP contribution in [0.3, 0.4) is 0 Å². The van der Waals surface area contributed by atoms with E-state index in [9.17, 15) is 8.42 Å². The Bertz CT molecular complexity index is 1440. The van der Waals surface area contributed by atoms with E-state index < -0.39 is 10.0 Å². The minimum Gasteiger partial charge on any atom is -0.319 e. The molecule has 0 saturated heterocycles. The van der Waals surface area contributed by atoms with Crippen LogP contribution in [-0.4, -0.2) is 50.1 Å². The van der Waals surface area contributed by atoms with Gasteiger partial charge in [0.2, 0.25) is 10.0 Å². The van der Waals surface area contributed by atoms with E-state index in [4.69, 9.17) is 39.8 Å². The van der Waals surface area contributed by atoms with Crippen molar-refractivity contribution in [2.24, 2.45) is 0 Å². The van der Waals surface area contributed by atoms with Crippen LogP contribution in [0.15, 0.2) is 65.6 Å². The van der Waals surface area contributed by atoms with E-state index in [1.54, 1.807) is 30.3 Å². The molecule has 6 nitrogen and oxygen atoms in total. The van der Waals surface area contributed by atoms with E-state index in [0.717, 1.165) is 11.1 Å². The van der Waals surface area contributed by atoms with Crippen LogP contribution < -0.4 is 4.72 Å². The zero-order valence-corrected chi connectivity index (χ0v) is 21.7. The number of nitrogens with one attached hydrogen (secondary N) is 1. The number of benzene rings is 3. The Kier molecular flexibility index (Phi) is 7.52. The van der Waals surface area contributed by atoms with Crippen LogP contribution in [0.5, 0.6) is 0 Å². The van der Waals surface area contributed by atoms with Crippen LogP contribution in [0, 0.1) is 0 Å². The van der Waals surface area contributed by atoms with Crippen molar-refractivity contribution in [3.8, 4) is 11.4 Å². The molecule has 0 unspecified atom stereocenters. The van der Waals surface area contributed by atoms with E-state index in [2.05, 4.69) is 4.72 Å². The molecule has 0 aliphatic carbocycles. The largest absolute Gasteiger partial charge is 0.319 e. The SMILES string of the molecule is CN(C)CCNS(=O)(=O)c1ccc2c(c1)nc(-c1cc(Cl)cc(Cl)c1Cl)n2Cc1ccccc1. The molecular weight excluding hydrogens is 515 g/mol. The van der Waals surface area contributed by atoms with Crippen molar-refractivity contribution < 1.29 is 8.42 Å². The maximum atomic E-state index is 12.8. The number of nitrogens with zero attached hydrogens (tertiary/aromatic N) is 3. The summed E-state index contributed by atoms with van der Waals surface area (Å²) < 4.78 is 30.3. The van der Waals surface area contributed by atoms with E-state index in [1.165, 1.54) is 0 Å². The fourth-order valence-corrected chi connectivity index (χ4v) is 5.34. The van der Waals surface area contributed by atoms with Crippen molar-refractivity contribution >= 4 is 55.9 Å². The number of fused-ring (bicyclic) bond motifs is 1. The molecule has 0 radical (unpaired) electrons. The molecule has 4 aromatic rings. The molecule has 0 fully saturated rings. The lowest BCUT2D eigenvalue weighted by atomic mass is 10.2. The predicted octanol–water partition coefficient (Wildman–Crippen LogP) is 5.55. The van der Waals surface area contributed by atoms with Gasteiger partial charge in [-0.15, -0.1) is 0 Å². The third-order valence-corrected chi connectivity index (χ3v) is 7.78. The second-order valence-corrected chi connectivity index (χ2v) is 11.1. The van der Waals surface area contributed by atoms with Gasteiger partial charge in [-0.05, 0) is 50.0 Å². The zero-order chi connectivity index (χ0) is 24.5. The first kappa shape index (κ1) is 25.0. The van der Waals surface area contributed by atoms with Gasteiger partial charge in [0.25, 0.3) is 0 Å². The van der Waals surface area contributed by atoms with Gasteiger partial charge in [-0.3, -0.25) is 0 Å². The summed E-state index contributed by atoms with van der Waals surface area (Å²) in [5, 5.41) is 1.07. The molecule has 178 valence electrons. The van der Waals surface area contributed by atoms with Crippen molar-refractivity contribution in [3.63, 3.8) is 0 Å². The molecule has 0 aliphatic heterocycles. The standard InChI is InChI=1S/C24H23Cl3N4O2S/c1-30(2)11-10-28-34(32,33)18-8-9-22-21(14-18)29-24(19-12-17(25)13-20(26)23(19)27)31(22)15-16-6-4-3-5-7-16/h3-9,12-14,28H,10-11,15H2,1-2H3. The maximum Gasteiger partial charge on any atom is 0.240 e. The first-order valence-corrected chi connectivity index (χ1v) is 13.1. The van der Waals surface area contributed by atoms with Gasteiger partial charge in [0.15, 0.2) is 0 Å². The third kappa shape index (κ3) is 5.40. The molecule has 0 amide bonds. The van der Waals surface area contributed by atoms with Crippen molar-refractivity contribution in [1.82, 2.24) is 19.2 Å². The molecule has 1 N–H and O–H groups in total. The molecule has 1 heterocycles. The zero-order valence-electron chi connectivity index (χ0n) is 18.6. The molecule has 3 aromatic carbocycles. The number of hydrogen-bond donors (Lipinski definition) is 1. The summed E-state index contributed by atoms with van der Waals surface area (Å²) in [7, 11) is 0.0765. The van der Waals surface area contributed by atoms with Gasteiger partial charge in [0.1, 0.15) is 5.82 Å². The highest BCUT2D eigenvalue weighted by molar-refractivity contribution is 7.89. The second-order valence-electron chi connectivity index (χ2n) is 8.11. The van der Waals surface area contributed by atoms with Crippen molar-refractivity contribution in [3.05, 3.63) is 81.3 Å². The Morgan fingerprint density at radius 1 is 1.00 bits per heavy atom. The van der Waals surface area contributed by atoms with Crippen LogP contribution in [0.25, 0.3) is 22.4 Å². The highest BCUT2D eigenvalue weighted by Gasteiger charge is 2.21. The Labute approximate surface area is 214 Å². The first-order valence-electron chi connectivity index (χ1n) is 10.5. The van der Waals surface area contributed by atoms with Crippen molar-refractivity contribution in [1.29, 1.82) is 0 Å². The summed E-state index contributed by atoms with van der Waals surface area (Å²) in [6, 6.07) is 18.1. The lowest BCUT2D eigenvalue weighted by Gasteiger charge is -2.12. The van der Waals surface area contributed by atoms with Crippen molar-refractivity contribution in [2.75, 3.05) is 27.2 Å². The van der Waals surface area contributed by atoms with E-state index >= 15 is 0 Å². The Morgan fingerprint density at radius 3 is 2.44 bits per heavy atom. The average molecular weight is 538 g/mol. The van der Waals surface area contributed by atoms with Crippen LogP contribution >= 0.6 is 34.8 Å². The number of halogens is 3. The number of aromatic nitrogens is 2. The quantitative estimate of drug-likeness (QED) is 0.299. The van der Waals surface area contributed by atoms with Gasteiger partial charge in [-0.1, -0.05) is 65.1 Å². The molecular formula is C24H23Cl3N4O2S. The van der Waals surface area contributed by atoms with E-state index in [1.807, 2.05) is 53.9 Å². The lowest BCUT2D eigenvalue weighted by molar-refractivity contribution is 0.412. The molecule has 0 aliphatic rings. The summed E-state index contributed by atoms with van der Waals surface area (Å²) >= 11 is 19.1. The monoisotopic (exact) mass is 536 g/mol. The number of rotatable bonds is 8. The summed E-state index contributed by atoms with van der Waals surface area (Å²) in [6.07, 6.45) is 0. The second kappa shape index (κ2) is 10.2. The van der Waals surface area contributed by atoms with Gasteiger partial charge in [-0.25, -0.2) is 18.1 Å². The molecule has 0 atom stereocenters.